The van der Waals surface area contributed by atoms with E-state index < -0.39 is 0 Å². The minimum absolute atomic E-state index is 0.254. The van der Waals surface area contributed by atoms with Crippen LogP contribution in [0.4, 0.5) is 5.69 Å². The van der Waals surface area contributed by atoms with Crippen LogP contribution in [0.1, 0.15) is 82.7 Å². The van der Waals surface area contributed by atoms with Gasteiger partial charge in [-0.15, -0.1) is 0 Å². The van der Waals surface area contributed by atoms with Crippen LogP contribution in [-0.2, 0) is 0 Å². The zero-order valence-corrected chi connectivity index (χ0v) is 15.7. The molecule has 2 saturated carbocycles. The Bertz CT molecular complexity index is 650. The highest BCUT2D eigenvalue weighted by Gasteiger charge is 2.32. The fourth-order valence-corrected chi connectivity index (χ4v) is 4.83. The zero-order valence-electron chi connectivity index (χ0n) is 15.7. The van der Waals surface area contributed by atoms with E-state index in [0.29, 0.717) is 0 Å². The third kappa shape index (κ3) is 3.99. The standard InChI is InChI=1S/C23H32N2/c1-18(19-11-5-2-6-12-19)24-22-17-23(22)25(20-13-7-3-8-14-20)21-15-9-4-10-16-21/h2,5-6,11-12,17-18,20-21H,3-4,7-10,13-16H2,1H3/t18-/m0/s1. The van der Waals surface area contributed by atoms with E-state index in [1.807, 2.05) is 0 Å². The summed E-state index contributed by atoms with van der Waals surface area (Å²) in [5.41, 5.74) is 2.79. The lowest BCUT2D eigenvalue weighted by Gasteiger charge is -2.41. The van der Waals surface area contributed by atoms with Crippen LogP contribution < -0.4 is 10.3 Å². The van der Waals surface area contributed by atoms with Crippen molar-refractivity contribution in [1.82, 2.24) is 0 Å². The first-order chi connectivity index (χ1) is 12.3. The lowest BCUT2D eigenvalue weighted by Crippen LogP contribution is -2.45. The van der Waals surface area contributed by atoms with Gasteiger partial charge in [-0.2, -0.15) is 0 Å². The van der Waals surface area contributed by atoms with Gasteiger partial charge in [-0.05, 0) is 44.2 Å². The van der Waals surface area contributed by atoms with E-state index in [2.05, 4.69) is 48.2 Å². The van der Waals surface area contributed by atoms with Crippen LogP contribution in [-0.4, -0.2) is 12.1 Å². The van der Waals surface area contributed by atoms with Gasteiger partial charge >= 0.3 is 0 Å². The Kier molecular flexibility index (Phi) is 5.24. The molecule has 1 atom stereocenters. The number of rotatable bonds is 5. The van der Waals surface area contributed by atoms with E-state index in [9.17, 15) is 0 Å². The third-order valence-electron chi connectivity index (χ3n) is 6.28. The monoisotopic (exact) mass is 336 g/mol. The largest absolute Gasteiger partial charge is 0.364 e. The molecule has 0 amide bonds. The van der Waals surface area contributed by atoms with Gasteiger partial charge in [-0.25, -0.2) is 0 Å². The predicted molar refractivity (Wildman–Crippen MR) is 105 cm³/mol. The molecule has 0 radical (unpaired) electrons. The Morgan fingerprint density at radius 1 is 0.840 bits per heavy atom. The summed E-state index contributed by atoms with van der Waals surface area (Å²) in [6.07, 6.45) is 14.0. The van der Waals surface area contributed by atoms with Crippen LogP contribution in [0, 0.1) is 0 Å². The van der Waals surface area contributed by atoms with Gasteiger partial charge in [0.15, 0.2) is 0 Å². The Hall–Kier alpha value is -1.57. The van der Waals surface area contributed by atoms with Crippen molar-refractivity contribution in [3.63, 3.8) is 0 Å². The van der Waals surface area contributed by atoms with E-state index in [0.717, 1.165) is 12.1 Å². The normalized spacial score (nSPS) is 22.4. The lowest BCUT2D eigenvalue weighted by atomic mass is 9.89. The first kappa shape index (κ1) is 16.9. The molecule has 2 nitrogen and oxygen atoms in total. The molecule has 0 bridgehead atoms. The molecule has 2 heteroatoms. The molecular formula is C23H32N2. The van der Waals surface area contributed by atoms with Crippen molar-refractivity contribution in [1.29, 1.82) is 0 Å². The number of nitrogens with zero attached hydrogens (tertiary/aromatic N) is 2. The lowest BCUT2D eigenvalue weighted by molar-refractivity contribution is 0.341. The minimum atomic E-state index is 0.254. The summed E-state index contributed by atoms with van der Waals surface area (Å²) in [4.78, 5) is 7.85. The number of hydrogen-bond donors (Lipinski definition) is 0. The van der Waals surface area contributed by atoms with E-state index in [-0.39, 0.29) is 6.04 Å². The van der Waals surface area contributed by atoms with Crippen LogP contribution in [0.2, 0.25) is 0 Å². The van der Waals surface area contributed by atoms with Gasteiger partial charge in [0.25, 0.3) is 0 Å². The van der Waals surface area contributed by atoms with Crippen molar-refractivity contribution in [3.8, 4) is 0 Å². The smallest absolute Gasteiger partial charge is 0.0837 e. The van der Waals surface area contributed by atoms with E-state index >= 15 is 0 Å². The number of anilines is 1. The summed E-state index contributed by atoms with van der Waals surface area (Å²) in [5, 5.41) is 1.27. The summed E-state index contributed by atoms with van der Waals surface area (Å²) in [6.45, 7) is 2.22. The second-order valence-corrected chi connectivity index (χ2v) is 8.12. The highest BCUT2D eigenvalue weighted by atomic mass is 15.2. The average Bonchev–Trinajstić information content (AvgIpc) is 3.43. The second-order valence-electron chi connectivity index (χ2n) is 8.12. The van der Waals surface area contributed by atoms with Gasteiger partial charge in [0, 0.05) is 12.1 Å². The van der Waals surface area contributed by atoms with Gasteiger partial charge < -0.3 is 4.90 Å². The van der Waals surface area contributed by atoms with Crippen LogP contribution in [0.15, 0.2) is 41.4 Å². The number of hydrogen-bond acceptors (Lipinski definition) is 2. The van der Waals surface area contributed by atoms with E-state index in [1.54, 1.807) is 0 Å². The fraction of sp³-hybridized carbons (Fsp3) is 0.609. The van der Waals surface area contributed by atoms with Crippen LogP contribution >= 0.6 is 0 Å². The van der Waals surface area contributed by atoms with Crippen molar-refractivity contribution in [3.05, 3.63) is 47.3 Å². The first-order valence-electron chi connectivity index (χ1n) is 10.5. The molecule has 4 rings (SSSR count). The Morgan fingerprint density at radius 3 is 1.96 bits per heavy atom. The maximum absolute atomic E-state index is 5.03. The molecular weight excluding hydrogens is 304 g/mol. The molecule has 134 valence electrons. The molecule has 2 aliphatic rings. The molecule has 0 aliphatic heterocycles. The van der Waals surface area contributed by atoms with Gasteiger partial charge in [-0.3, -0.25) is 4.99 Å². The Morgan fingerprint density at radius 2 is 1.40 bits per heavy atom. The zero-order chi connectivity index (χ0) is 17.1. The summed E-state index contributed by atoms with van der Waals surface area (Å²) in [7, 11) is 0. The minimum Gasteiger partial charge on any atom is -0.364 e. The highest BCUT2D eigenvalue weighted by molar-refractivity contribution is 5.57. The van der Waals surface area contributed by atoms with Crippen molar-refractivity contribution >= 4 is 5.69 Å². The Balaban J connectivity index is 1.54. The molecule has 0 aromatic heterocycles. The summed E-state index contributed by atoms with van der Waals surface area (Å²) in [5.74, 6) is 0. The van der Waals surface area contributed by atoms with Gasteiger partial charge in [0.05, 0.1) is 17.1 Å². The number of benzene rings is 1. The van der Waals surface area contributed by atoms with Gasteiger partial charge in [0.1, 0.15) is 0 Å². The molecule has 0 saturated heterocycles. The maximum Gasteiger partial charge on any atom is 0.0837 e. The topological polar surface area (TPSA) is 15.6 Å². The van der Waals surface area contributed by atoms with Crippen molar-refractivity contribution in [2.75, 3.05) is 4.90 Å². The predicted octanol–water partition coefficient (Wildman–Crippen LogP) is 5.70. The van der Waals surface area contributed by atoms with Gasteiger partial charge in [-0.1, -0.05) is 68.9 Å². The quantitative estimate of drug-likeness (QED) is 0.684. The van der Waals surface area contributed by atoms with Crippen molar-refractivity contribution in [2.24, 2.45) is 4.99 Å². The van der Waals surface area contributed by atoms with E-state index in [1.165, 1.54) is 80.8 Å². The van der Waals surface area contributed by atoms with Crippen molar-refractivity contribution < 1.29 is 0 Å². The van der Waals surface area contributed by atoms with Gasteiger partial charge in [0.2, 0.25) is 0 Å². The molecule has 0 heterocycles. The Labute approximate surface area is 152 Å². The average molecular weight is 337 g/mol. The molecule has 2 aromatic rings. The van der Waals surface area contributed by atoms with E-state index in [4.69, 9.17) is 4.99 Å². The molecule has 25 heavy (non-hydrogen) atoms. The molecule has 0 spiro atoms. The summed E-state index contributed by atoms with van der Waals surface area (Å²) >= 11 is 0. The SMILES string of the molecule is C[C@H](N=c1cc1N(C1CCCCC1)C1CCCCC1)c1ccccc1. The molecule has 0 unspecified atom stereocenters. The van der Waals surface area contributed by atoms with Crippen LogP contribution in [0.25, 0.3) is 0 Å². The molecule has 2 aliphatic carbocycles. The molecule has 2 fully saturated rings. The summed E-state index contributed by atoms with van der Waals surface area (Å²) in [6, 6.07) is 14.8. The molecule has 2 aromatic carbocycles. The van der Waals surface area contributed by atoms with Crippen LogP contribution in [0.3, 0.4) is 0 Å². The first-order valence-corrected chi connectivity index (χ1v) is 10.5. The molecule has 0 N–H and O–H groups in total. The fourth-order valence-electron chi connectivity index (χ4n) is 4.83. The maximum atomic E-state index is 5.03. The summed E-state index contributed by atoms with van der Waals surface area (Å²) < 4.78 is 0. The van der Waals surface area contributed by atoms with Crippen molar-refractivity contribution in [2.45, 2.75) is 89.3 Å². The second kappa shape index (κ2) is 7.76. The highest BCUT2D eigenvalue weighted by Crippen LogP contribution is 2.34. The van der Waals surface area contributed by atoms with Crippen LogP contribution in [0.5, 0.6) is 0 Å². The third-order valence-corrected chi connectivity index (χ3v) is 6.28.